The molecule has 8 nitrogen and oxygen atoms in total. The van der Waals surface area contributed by atoms with Crippen molar-refractivity contribution in [1.82, 2.24) is 4.90 Å². The Balaban J connectivity index is 1.89. The topological polar surface area (TPSA) is 110 Å². The van der Waals surface area contributed by atoms with E-state index in [0.29, 0.717) is 12.2 Å². The molecule has 1 amide bonds. The largest absolute Gasteiger partial charge is 0.507 e. The standard InChI is InChI=1S/C23H22N2O6/c1-14-8-10-15(11-9-14)21(26)19-20(17-6-2-3-7-18(17)25(29)30)24(23(28)22(19)27)13-16-5-4-12-31-16/h2-3,6-11,16,20,26H,4-5,12-13H2,1H3/b21-19-. The van der Waals surface area contributed by atoms with Gasteiger partial charge in [-0.05, 0) is 25.8 Å². The summed E-state index contributed by atoms with van der Waals surface area (Å²) in [4.78, 5) is 38.4. The van der Waals surface area contributed by atoms with E-state index in [4.69, 9.17) is 4.74 Å². The predicted molar refractivity (Wildman–Crippen MR) is 112 cm³/mol. The summed E-state index contributed by atoms with van der Waals surface area (Å²) < 4.78 is 5.64. The molecule has 2 aliphatic rings. The second kappa shape index (κ2) is 8.31. The fourth-order valence-corrected chi connectivity index (χ4v) is 4.15. The highest BCUT2D eigenvalue weighted by Crippen LogP contribution is 2.43. The van der Waals surface area contributed by atoms with E-state index in [0.717, 1.165) is 18.4 Å². The maximum absolute atomic E-state index is 13.0. The van der Waals surface area contributed by atoms with Gasteiger partial charge in [0, 0.05) is 24.8 Å². The lowest BCUT2D eigenvalue weighted by Gasteiger charge is -2.27. The summed E-state index contributed by atoms with van der Waals surface area (Å²) in [5, 5.41) is 22.7. The lowest BCUT2D eigenvalue weighted by Crippen LogP contribution is -2.36. The number of aliphatic hydroxyl groups is 1. The number of hydrogen-bond acceptors (Lipinski definition) is 6. The number of aryl methyl sites for hydroxylation is 1. The maximum Gasteiger partial charge on any atom is 0.295 e. The molecule has 2 aromatic rings. The molecule has 2 heterocycles. The van der Waals surface area contributed by atoms with Crippen molar-refractivity contribution in [3.8, 4) is 0 Å². The van der Waals surface area contributed by atoms with Crippen LogP contribution in [0.15, 0.2) is 54.1 Å². The Morgan fingerprint density at radius 2 is 1.90 bits per heavy atom. The Bertz CT molecular complexity index is 1070. The minimum atomic E-state index is -1.08. The molecular weight excluding hydrogens is 400 g/mol. The van der Waals surface area contributed by atoms with E-state index < -0.39 is 22.7 Å². The van der Waals surface area contributed by atoms with Crippen molar-refractivity contribution in [3.05, 3.63) is 80.9 Å². The first kappa shape index (κ1) is 20.7. The van der Waals surface area contributed by atoms with Crippen LogP contribution in [0.25, 0.3) is 5.76 Å². The van der Waals surface area contributed by atoms with E-state index in [1.54, 1.807) is 30.3 Å². The van der Waals surface area contributed by atoms with Crippen molar-refractivity contribution < 1.29 is 24.4 Å². The smallest absolute Gasteiger partial charge is 0.295 e. The van der Waals surface area contributed by atoms with Crippen LogP contribution >= 0.6 is 0 Å². The van der Waals surface area contributed by atoms with Gasteiger partial charge in [0.1, 0.15) is 5.76 Å². The van der Waals surface area contributed by atoms with Gasteiger partial charge in [-0.2, -0.15) is 0 Å². The highest BCUT2D eigenvalue weighted by Gasteiger charge is 2.48. The third-order valence-corrected chi connectivity index (χ3v) is 5.72. The van der Waals surface area contributed by atoms with E-state index >= 15 is 0 Å². The summed E-state index contributed by atoms with van der Waals surface area (Å²) >= 11 is 0. The zero-order valence-electron chi connectivity index (χ0n) is 17.0. The summed E-state index contributed by atoms with van der Waals surface area (Å²) in [7, 11) is 0. The maximum atomic E-state index is 13.0. The van der Waals surface area contributed by atoms with Crippen LogP contribution in [-0.2, 0) is 14.3 Å². The highest BCUT2D eigenvalue weighted by molar-refractivity contribution is 6.46. The quantitative estimate of drug-likeness (QED) is 0.260. The molecule has 0 aromatic heterocycles. The second-order valence-corrected chi connectivity index (χ2v) is 7.77. The Kier molecular flexibility index (Phi) is 5.56. The minimum absolute atomic E-state index is 0.117. The van der Waals surface area contributed by atoms with Crippen molar-refractivity contribution in [1.29, 1.82) is 0 Å². The van der Waals surface area contributed by atoms with Crippen molar-refractivity contribution in [2.75, 3.05) is 13.2 Å². The van der Waals surface area contributed by atoms with Crippen molar-refractivity contribution >= 4 is 23.1 Å². The number of amides is 1. The molecule has 2 atom stereocenters. The van der Waals surface area contributed by atoms with Gasteiger partial charge in [0.15, 0.2) is 0 Å². The number of nitro benzene ring substituents is 1. The van der Waals surface area contributed by atoms with Crippen LogP contribution in [0.1, 0.15) is 35.6 Å². The molecule has 31 heavy (non-hydrogen) atoms. The number of nitro groups is 1. The summed E-state index contributed by atoms with van der Waals surface area (Å²) in [6, 6.07) is 11.7. The molecule has 160 valence electrons. The third kappa shape index (κ3) is 3.82. The number of Topliss-reactive ketones (excluding diaryl/α,β-unsaturated/α-hetero) is 1. The van der Waals surface area contributed by atoms with Crippen LogP contribution < -0.4 is 0 Å². The molecule has 2 unspecified atom stereocenters. The number of ether oxygens (including phenoxy) is 1. The van der Waals surface area contributed by atoms with Gasteiger partial charge >= 0.3 is 0 Å². The minimum Gasteiger partial charge on any atom is -0.507 e. The second-order valence-electron chi connectivity index (χ2n) is 7.77. The van der Waals surface area contributed by atoms with Gasteiger partial charge in [0.2, 0.25) is 0 Å². The van der Waals surface area contributed by atoms with Crippen LogP contribution in [0.2, 0.25) is 0 Å². The van der Waals surface area contributed by atoms with Gasteiger partial charge in [-0.15, -0.1) is 0 Å². The number of carbonyl (C=O) groups excluding carboxylic acids is 2. The molecule has 0 aliphatic carbocycles. The SMILES string of the molecule is Cc1ccc(/C(O)=C2/C(=O)C(=O)N(CC3CCCO3)C2c2ccccc2[N+](=O)[O-])cc1. The van der Waals surface area contributed by atoms with E-state index in [9.17, 15) is 24.8 Å². The molecule has 2 fully saturated rings. The number of aliphatic hydroxyl groups excluding tert-OH is 1. The number of benzene rings is 2. The lowest BCUT2D eigenvalue weighted by molar-refractivity contribution is -0.385. The predicted octanol–water partition coefficient (Wildman–Crippen LogP) is 3.50. The van der Waals surface area contributed by atoms with E-state index in [-0.39, 0.29) is 35.2 Å². The molecule has 4 rings (SSSR count). The lowest BCUT2D eigenvalue weighted by atomic mass is 9.94. The average Bonchev–Trinajstić information content (AvgIpc) is 3.36. The number of rotatable bonds is 5. The summed E-state index contributed by atoms with van der Waals surface area (Å²) in [5.74, 6) is -2.01. The van der Waals surface area contributed by atoms with Crippen LogP contribution in [0.3, 0.4) is 0 Å². The van der Waals surface area contributed by atoms with Crippen molar-refractivity contribution in [2.45, 2.75) is 31.9 Å². The Labute approximate surface area is 178 Å². The van der Waals surface area contributed by atoms with Gasteiger partial charge in [-0.25, -0.2) is 0 Å². The van der Waals surface area contributed by atoms with Gasteiger partial charge < -0.3 is 14.7 Å². The summed E-state index contributed by atoms with van der Waals surface area (Å²) in [5.41, 5.74) is 1.14. The first-order chi connectivity index (χ1) is 14.9. The monoisotopic (exact) mass is 422 g/mol. The molecule has 2 aliphatic heterocycles. The molecule has 0 radical (unpaired) electrons. The van der Waals surface area contributed by atoms with Gasteiger partial charge in [-0.1, -0.05) is 42.0 Å². The molecule has 8 heteroatoms. The molecular formula is C23H22N2O6. The number of para-hydroxylation sites is 1. The van der Waals surface area contributed by atoms with Crippen molar-refractivity contribution in [3.63, 3.8) is 0 Å². The van der Waals surface area contributed by atoms with E-state index in [2.05, 4.69) is 0 Å². The normalized spacial score (nSPS) is 22.8. The fourth-order valence-electron chi connectivity index (χ4n) is 4.15. The van der Waals surface area contributed by atoms with Crippen LogP contribution in [0, 0.1) is 17.0 Å². The molecule has 2 aromatic carbocycles. The fraction of sp³-hybridized carbons (Fsp3) is 0.304. The van der Waals surface area contributed by atoms with Gasteiger partial charge in [0.25, 0.3) is 17.4 Å². The first-order valence-electron chi connectivity index (χ1n) is 10.1. The van der Waals surface area contributed by atoms with E-state index in [1.165, 1.54) is 23.1 Å². The number of ketones is 1. The summed E-state index contributed by atoms with van der Waals surface area (Å²) in [6.45, 7) is 2.57. The molecule has 1 N–H and O–H groups in total. The third-order valence-electron chi connectivity index (χ3n) is 5.72. The number of nitrogens with zero attached hydrogens (tertiary/aromatic N) is 2. The molecule has 0 saturated carbocycles. The number of likely N-dealkylation sites (tertiary alicyclic amines) is 1. The van der Waals surface area contributed by atoms with Crippen LogP contribution in [-0.4, -0.2) is 45.9 Å². The number of hydrogen-bond donors (Lipinski definition) is 1. The zero-order chi connectivity index (χ0) is 22.1. The summed E-state index contributed by atoms with van der Waals surface area (Å²) in [6.07, 6.45) is 1.31. The van der Waals surface area contributed by atoms with E-state index in [1.807, 2.05) is 6.92 Å². The molecule has 0 spiro atoms. The highest BCUT2D eigenvalue weighted by atomic mass is 16.6. The average molecular weight is 422 g/mol. The van der Waals surface area contributed by atoms with Gasteiger partial charge in [-0.3, -0.25) is 19.7 Å². The van der Waals surface area contributed by atoms with Crippen molar-refractivity contribution in [2.24, 2.45) is 0 Å². The van der Waals surface area contributed by atoms with Crippen LogP contribution in [0.4, 0.5) is 5.69 Å². The zero-order valence-corrected chi connectivity index (χ0v) is 17.0. The Morgan fingerprint density at radius 3 is 2.55 bits per heavy atom. The van der Waals surface area contributed by atoms with Crippen LogP contribution in [0.5, 0.6) is 0 Å². The Morgan fingerprint density at radius 1 is 1.19 bits per heavy atom. The first-order valence-corrected chi connectivity index (χ1v) is 10.1. The molecule has 2 saturated heterocycles. The molecule has 0 bridgehead atoms. The van der Waals surface area contributed by atoms with Gasteiger partial charge in [0.05, 0.1) is 28.2 Å². The Hall–Kier alpha value is -3.52. The number of carbonyl (C=O) groups is 2.